The van der Waals surface area contributed by atoms with Crippen LogP contribution < -0.4 is 5.32 Å². The SMILES string of the molecule is O=Cc1cccc(NC(=O)Cc2noc3ccccc23)c1. The molecule has 0 unspecified atom stereocenters. The molecular weight excluding hydrogens is 268 g/mol. The first-order valence-electron chi connectivity index (χ1n) is 6.44. The van der Waals surface area contributed by atoms with Crippen LogP contribution in [0.2, 0.25) is 0 Å². The average molecular weight is 280 g/mol. The van der Waals surface area contributed by atoms with E-state index >= 15 is 0 Å². The van der Waals surface area contributed by atoms with Gasteiger partial charge < -0.3 is 9.84 Å². The van der Waals surface area contributed by atoms with E-state index in [2.05, 4.69) is 10.5 Å². The van der Waals surface area contributed by atoms with Crippen LogP contribution in [0.3, 0.4) is 0 Å². The first-order valence-corrected chi connectivity index (χ1v) is 6.44. The Kier molecular flexibility index (Phi) is 3.47. The molecule has 0 aliphatic rings. The van der Waals surface area contributed by atoms with Gasteiger partial charge in [0, 0.05) is 16.6 Å². The molecule has 1 aromatic heterocycles. The molecule has 5 nitrogen and oxygen atoms in total. The zero-order valence-electron chi connectivity index (χ0n) is 11.1. The first-order chi connectivity index (χ1) is 10.3. The molecular formula is C16H12N2O3. The smallest absolute Gasteiger partial charge is 0.230 e. The van der Waals surface area contributed by atoms with Crippen LogP contribution in [0.15, 0.2) is 53.1 Å². The molecule has 0 saturated carbocycles. The van der Waals surface area contributed by atoms with Crippen molar-refractivity contribution < 1.29 is 14.1 Å². The molecule has 0 aliphatic carbocycles. The number of fused-ring (bicyclic) bond motifs is 1. The predicted molar refractivity (Wildman–Crippen MR) is 78.2 cm³/mol. The van der Waals surface area contributed by atoms with Crippen LogP contribution in [0.25, 0.3) is 11.0 Å². The van der Waals surface area contributed by atoms with E-state index in [-0.39, 0.29) is 12.3 Å². The number of rotatable bonds is 4. The van der Waals surface area contributed by atoms with Gasteiger partial charge in [-0.25, -0.2) is 0 Å². The van der Waals surface area contributed by atoms with Gasteiger partial charge in [-0.15, -0.1) is 0 Å². The highest BCUT2D eigenvalue weighted by molar-refractivity contribution is 5.95. The number of carbonyl (C=O) groups excluding carboxylic acids is 2. The number of aldehydes is 1. The Morgan fingerprint density at radius 2 is 2.05 bits per heavy atom. The Morgan fingerprint density at radius 1 is 1.19 bits per heavy atom. The molecule has 21 heavy (non-hydrogen) atoms. The number of anilines is 1. The van der Waals surface area contributed by atoms with Crippen molar-refractivity contribution in [3.63, 3.8) is 0 Å². The number of aromatic nitrogens is 1. The molecule has 2 aromatic carbocycles. The number of carbonyl (C=O) groups is 2. The lowest BCUT2D eigenvalue weighted by Crippen LogP contribution is -2.14. The van der Waals surface area contributed by atoms with Gasteiger partial charge >= 0.3 is 0 Å². The molecule has 0 fully saturated rings. The lowest BCUT2D eigenvalue weighted by molar-refractivity contribution is -0.115. The molecule has 0 spiro atoms. The fourth-order valence-corrected chi connectivity index (χ4v) is 2.11. The molecule has 1 amide bonds. The number of nitrogens with one attached hydrogen (secondary N) is 1. The van der Waals surface area contributed by atoms with E-state index in [0.29, 0.717) is 22.5 Å². The van der Waals surface area contributed by atoms with Gasteiger partial charge in [0.1, 0.15) is 12.0 Å². The average Bonchev–Trinajstić information content (AvgIpc) is 2.91. The number of hydrogen-bond acceptors (Lipinski definition) is 4. The molecule has 0 atom stereocenters. The maximum atomic E-state index is 12.0. The molecule has 3 rings (SSSR count). The second-order valence-electron chi connectivity index (χ2n) is 4.59. The van der Waals surface area contributed by atoms with E-state index in [1.807, 2.05) is 18.2 Å². The number of amides is 1. The minimum atomic E-state index is -0.211. The van der Waals surface area contributed by atoms with Gasteiger partial charge in [-0.3, -0.25) is 9.59 Å². The van der Waals surface area contributed by atoms with Gasteiger partial charge in [0.05, 0.1) is 6.42 Å². The van der Waals surface area contributed by atoms with Crippen molar-refractivity contribution >= 4 is 28.8 Å². The van der Waals surface area contributed by atoms with Crippen LogP contribution in [0.1, 0.15) is 16.1 Å². The summed E-state index contributed by atoms with van der Waals surface area (Å²) in [4.78, 5) is 22.8. The molecule has 0 saturated heterocycles. The van der Waals surface area contributed by atoms with Gasteiger partial charge in [0.2, 0.25) is 5.91 Å². The van der Waals surface area contributed by atoms with Crippen molar-refractivity contribution in [1.29, 1.82) is 0 Å². The van der Waals surface area contributed by atoms with Gasteiger partial charge in [-0.1, -0.05) is 29.4 Å². The fraction of sp³-hybridized carbons (Fsp3) is 0.0625. The van der Waals surface area contributed by atoms with E-state index in [1.165, 1.54) is 0 Å². The van der Waals surface area contributed by atoms with Gasteiger partial charge in [0.25, 0.3) is 0 Å². The number of para-hydroxylation sites is 1. The topological polar surface area (TPSA) is 72.2 Å². The van der Waals surface area contributed by atoms with Gasteiger partial charge in [-0.05, 0) is 24.3 Å². The highest BCUT2D eigenvalue weighted by Crippen LogP contribution is 2.18. The summed E-state index contributed by atoms with van der Waals surface area (Å²) in [6.07, 6.45) is 0.850. The zero-order valence-corrected chi connectivity index (χ0v) is 11.1. The Balaban J connectivity index is 1.75. The quantitative estimate of drug-likeness (QED) is 0.746. The van der Waals surface area contributed by atoms with E-state index in [4.69, 9.17) is 4.52 Å². The lowest BCUT2D eigenvalue weighted by Gasteiger charge is -2.04. The number of benzene rings is 2. The Morgan fingerprint density at radius 3 is 2.90 bits per heavy atom. The third-order valence-corrected chi connectivity index (χ3v) is 3.09. The van der Waals surface area contributed by atoms with E-state index in [0.717, 1.165) is 11.7 Å². The molecule has 5 heteroatoms. The maximum Gasteiger partial charge on any atom is 0.230 e. The van der Waals surface area contributed by atoms with Crippen LogP contribution in [0.4, 0.5) is 5.69 Å². The van der Waals surface area contributed by atoms with Crippen molar-refractivity contribution in [2.45, 2.75) is 6.42 Å². The summed E-state index contributed by atoms with van der Waals surface area (Å²) in [5.74, 6) is -0.211. The molecule has 1 heterocycles. The highest BCUT2D eigenvalue weighted by Gasteiger charge is 2.12. The predicted octanol–water partition coefficient (Wildman–Crippen LogP) is 2.82. The Hall–Kier alpha value is -2.95. The van der Waals surface area contributed by atoms with Crippen LogP contribution in [0, 0.1) is 0 Å². The van der Waals surface area contributed by atoms with Gasteiger partial charge in [-0.2, -0.15) is 0 Å². The van der Waals surface area contributed by atoms with Crippen molar-refractivity contribution in [2.24, 2.45) is 0 Å². The van der Waals surface area contributed by atoms with Crippen LogP contribution in [-0.2, 0) is 11.2 Å². The van der Waals surface area contributed by atoms with Crippen LogP contribution in [0.5, 0.6) is 0 Å². The molecule has 104 valence electrons. The largest absolute Gasteiger partial charge is 0.356 e. The van der Waals surface area contributed by atoms with E-state index < -0.39 is 0 Å². The third kappa shape index (κ3) is 2.81. The summed E-state index contributed by atoms with van der Waals surface area (Å²) in [5.41, 5.74) is 2.34. The normalized spacial score (nSPS) is 10.5. The first kappa shape index (κ1) is 13.1. The summed E-state index contributed by atoms with van der Waals surface area (Å²) in [7, 11) is 0. The standard InChI is InChI=1S/C16H12N2O3/c19-10-11-4-3-5-12(8-11)17-16(20)9-14-13-6-1-2-7-15(13)21-18-14/h1-8,10H,9H2,(H,17,20). The molecule has 3 aromatic rings. The molecule has 1 N–H and O–H groups in total. The van der Waals surface area contributed by atoms with Crippen molar-refractivity contribution in [2.75, 3.05) is 5.32 Å². The van der Waals surface area contributed by atoms with E-state index in [9.17, 15) is 9.59 Å². The van der Waals surface area contributed by atoms with Crippen molar-refractivity contribution in [3.8, 4) is 0 Å². The van der Waals surface area contributed by atoms with Crippen molar-refractivity contribution in [1.82, 2.24) is 5.16 Å². The second-order valence-corrected chi connectivity index (χ2v) is 4.59. The zero-order chi connectivity index (χ0) is 14.7. The molecule has 0 aliphatic heterocycles. The summed E-state index contributed by atoms with van der Waals surface area (Å²) in [6.45, 7) is 0. The summed E-state index contributed by atoms with van der Waals surface area (Å²) in [6, 6.07) is 14.1. The minimum Gasteiger partial charge on any atom is -0.356 e. The molecule has 0 bridgehead atoms. The van der Waals surface area contributed by atoms with Crippen LogP contribution >= 0.6 is 0 Å². The maximum absolute atomic E-state index is 12.0. The van der Waals surface area contributed by atoms with Crippen LogP contribution in [-0.4, -0.2) is 17.4 Å². The van der Waals surface area contributed by atoms with E-state index in [1.54, 1.807) is 30.3 Å². The minimum absolute atomic E-state index is 0.113. The third-order valence-electron chi connectivity index (χ3n) is 3.09. The number of hydrogen-bond donors (Lipinski definition) is 1. The lowest BCUT2D eigenvalue weighted by atomic mass is 10.1. The summed E-state index contributed by atoms with van der Waals surface area (Å²) in [5, 5.41) is 7.49. The Labute approximate surface area is 120 Å². The Bertz CT molecular complexity index is 808. The van der Waals surface area contributed by atoms with Crippen molar-refractivity contribution in [3.05, 3.63) is 59.8 Å². The fourth-order valence-electron chi connectivity index (χ4n) is 2.11. The summed E-state index contributed by atoms with van der Waals surface area (Å²) >= 11 is 0. The monoisotopic (exact) mass is 280 g/mol. The molecule has 0 radical (unpaired) electrons. The second kappa shape index (κ2) is 5.58. The number of nitrogens with zero attached hydrogens (tertiary/aromatic N) is 1. The highest BCUT2D eigenvalue weighted by atomic mass is 16.5. The van der Waals surface area contributed by atoms with Gasteiger partial charge in [0.15, 0.2) is 5.58 Å². The summed E-state index contributed by atoms with van der Waals surface area (Å²) < 4.78 is 5.16.